The zero-order chi connectivity index (χ0) is 19.1. The average molecular weight is 358 g/mol. The van der Waals surface area contributed by atoms with Crippen molar-refractivity contribution in [1.29, 1.82) is 0 Å². The number of hydrogen-bond acceptors (Lipinski definition) is 6. The normalized spacial score (nSPS) is 11.3. The van der Waals surface area contributed by atoms with Gasteiger partial charge in [0.1, 0.15) is 11.8 Å². The fourth-order valence-corrected chi connectivity index (χ4v) is 2.34. The third kappa shape index (κ3) is 4.79. The highest BCUT2D eigenvalue weighted by atomic mass is 16.6. The van der Waals surface area contributed by atoms with Crippen LogP contribution in [0.25, 0.3) is 0 Å². The van der Waals surface area contributed by atoms with Gasteiger partial charge in [-0.1, -0.05) is 18.2 Å². The Bertz CT molecular complexity index is 804. The summed E-state index contributed by atoms with van der Waals surface area (Å²) in [5.41, 5.74) is 0.672. The Morgan fingerprint density at radius 1 is 1.15 bits per heavy atom. The number of esters is 1. The number of rotatable bonds is 7. The summed E-state index contributed by atoms with van der Waals surface area (Å²) in [4.78, 5) is 34.6. The molecule has 2 aromatic carbocycles. The van der Waals surface area contributed by atoms with Gasteiger partial charge in [0.05, 0.1) is 19.1 Å². The summed E-state index contributed by atoms with van der Waals surface area (Å²) in [6, 6.07) is 11.4. The number of nitro benzene ring substituents is 1. The Kier molecular flexibility index (Phi) is 6.26. The smallest absolute Gasteiger partial charge is 0.328 e. The molecule has 1 atom stereocenters. The van der Waals surface area contributed by atoms with Crippen LogP contribution in [0.3, 0.4) is 0 Å². The number of ether oxygens (including phenoxy) is 2. The molecule has 0 aliphatic carbocycles. The van der Waals surface area contributed by atoms with E-state index in [1.807, 2.05) is 0 Å². The summed E-state index contributed by atoms with van der Waals surface area (Å²) in [7, 11) is 2.77. The largest absolute Gasteiger partial charge is 0.497 e. The predicted molar refractivity (Wildman–Crippen MR) is 93.1 cm³/mol. The molecule has 0 aliphatic heterocycles. The zero-order valence-electron chi connectivity index (χ0n) is 14.3. The molecule has 0 heterocycles. The minimum Gasteiger partial charge on any atom is -0.497 e. The number of hydrogen-bond donors (Lipinski definition) is 1. The molecule has 0 saturated heterocycles. The van der Waals surface area contributed by atoms with E-state index >= 15 is 0 Å². The van der Waals surface area contributed by atoms with E-state index in [4.69, 9.17) is 9.47 Å². The highest BCUT2D eigenvalue weighted by molar-refractivity contribution is 5.97. The van der Waals surface area contributed by atoms with Gasteiger partial charge in [-0.05, 0) is 23.8 Å². The van der Waals surface area contributed by atoms with Gasteiger partial charge in [0.15, 0.2) is 0 Å². The van der Waals surface area contributed by atoms with Crippen molar-refractivity contribution in [2.75, 3.05) is 14.2 Å². The highest BCUT2D eigenvalue weighted by Crippen LogP contribution is 2.15. The lowest BCUT2D eigenvalue weighted by atomic mass is 10.0. The molecular formula is C18H18N2O6. The number of nitrogens with one attached hydrogen (secondary N) is 1. The molecule has 136 valence electrons. The van der Waals surface area contributed by atoms with Crippen LogP contribution in [-0.4, -0.2) is 37.1 Å². The average Bonchev–Trinajstić information content (AvgIpc) is 2.67. The molecular weight excluding hydrogens is 340 g/mol. The summed E-state index contributed by atoms with van der Waals surface area (Å²) in [6.07, 6.45) is 0.206. The molecule has 26 heavy (non-hydrogen) atoms. The van der Waals surface area contributed by atoms with Gasteiger partial charge in [-0.25, -0.2) is 4.79 Å². The van der Waals surface area contributed by atoms with Crippen molar-refractivity contribution in [3.8, 4) is 5.75 Å². The lowest BCUT2D eigenvalue weighted by molar-refractivity contribution is -0.384. The number of nitrogens with zero attached hydrogens (tertiary/aromatic N) is 1. The maximum absolute atomic E-state index is 12.4. The minimum absolute atomic E-state index is 0.0860. The Labute approximate surface area is 149 Å². The third-order valence-electron chi connectivity index (χ3n) is 3.71. The molecule has 0 radical (unpaired) electrons. The van der Waals surface area contributed by atoms with Gasteiger partial charge in [0, 0.05) is 24.1 Å². The van der Waals surface area contributed by atoms with Crippen molar-refractivity contribution >= 4 is 17.6 Å². The van der Waals surface area contributed by atoms with Gasteiger partial charge in [-0.2, -0.15) is 0 Å². The summed E-state index contributed by atoms with van der Waals surface area (Å²) in [6.45, 7) is 0. The molecule has 2 aromatic rings. The summed E-state index contributed by atoms with van der Waals surface area (Å²) < 4.78 is 9.82. The van der Waals surface area contributed by atoms with E-state index in [9.17, 15) is 19.7 Å². The number of nitro groups is 1. The van der Waals surface area contributed by atoms with Crippen molar-refractivity contribution < 1.29 is 24.0 Å². The monoisotopic (exact) mass is 358 g/mol. The first-order valence-electron chi connectivity index (χ1n) is 7.70. The SMILES string of the molecule is COC(=O)[C@@H](Cc1ccc(OC)cc1)NC(=O)c1cccc([N+](=O)[O-])c1. The van der Waals surface area contributed by atoms with Gasteiger partial charge >= 0.3 is 5.97 Å². The molecule has 1 N–H and O–H groups in total. The van der Waals surface area contributed by atoms with Crippen LogP contribution in [0.2, 0.25) is 0 Å². The van der Waals surface area contributed by atoms with Crippen LogP contribution >= 0.6 is 0 Å². The van der Waals surface area contributed by atoms with Crippen molar-refractivity contribution in [3.63, 3.8) is 0 Å². The van der Waals surface area contributed by atoms with Gasteiger partial charge < -0.3 is 14.8 Å². The van der Waals surface area contributed by atoms with Crippen LogP contribution in [0.1, 0.15) is 15.9 Å². The van der Waals surface area contributed by atoms with Gasteiger partial charge in [-0.15, -0.1) is 0 Å². The second-order valence-electron chi connectivity index (χ2n) is 5.41. The van der Waals surface area contributed by atoms with Crippen LogP contribution in [0.15, 0.2) is 48.5 Å². The van der Waals surface area contributed by atoms with Crippen LogP contribution in [0.4, 0.5) is 5.69 Å². The molecule has 0 aliphatic rings. The lowest BCUT2D eigenvalue weighted by Gasteiger charge is -2.17. The molecule has 2 rings (SSSR count). The van der Waals surface area contributed by atoms with E-state index in [-0.39, 0.29) is 17.7 Å². The van der Waals surface area contributed by atoms with Gasteiger partial charge in [-0.3, -0.25) is 14.9 Å². The van der Waals surface area contributed by atoms with Crippen LogP contribution in [0, 0.1) is 10.1 Å². The number of carbonyl (C=O) groups excluding carboxylic acids is 2. The number of non-ortho nitro benzene ring substituents is 1. The molecule has 0 saturated carbocycles. The highest BCUT2D eigenvalue weighted by Gasteiger charge is 2.23. The Morgan fingerprint density at radius 2 is 1.85 bits per heavy atom. The third-order valence-corrected chi connectivity index (χ3v) is 3.71. The first-order valence-corrected chi connectivity index (χ1v) is 7.70. The van der Waals surface area contributed by atoms with Crippen molar-refractivity contribution in [3.05, 3.63) is 69.8 Å². The molecule has 0 bridgehead atoms. The van der Waals surface area contributed by atoms with Gasteiger partial charge in [0.25, 0.3) is 11.6 Å². The first-order chi connectivity index (χ1) is 12.4. The molecule has 0 spiro atoms. The summed E-state index contributed by atoms with van der Waals surface area (Å²) in [5.74, 6) is -0.541. The number of carbonyl (C=O) groups is 2. The maximum atomic E-state index is 12.4. The number of amides is 1. The molecule has 0 aromatic heterocycles. The Morgan fingerprint density at radius 3 is 2.42 bits per heavy atom. The van der Waals surface area contributed by atoms with E-state index < -0.39 is 22.8 Å². The van der Waals surface area contributed by atoms with Crippen LogP contribution < -0.4 is 10.1 Å². The van der Waals surface area contributed by atoms with E-state index in [1.54, 1.807) is 31.4 Å². The quantitative estimate of drug-likeness (QED) is 0.461. The van der Waals surface area contributed by atoms with Crippen molar-refractivity contribution in [1.82, 2.24) is 5.32 Å². The van der Waals surface area contributed by atoms with E-state index in [0.29, 0.717) is 5.75 Å². The Hall–Kier alpha value is -3.42. The van der Waals surface area contributed by atoms with Crippen molar-refractivity contribution in [2.24, 2.45) is 0 Å². The molecule has 1 amide bonds. The number of benzene rings is 2. The Balaban J connectivity index is 2.16. The molecule has 8 heteroatoms. The fraction of sp³-hybridized carbons (Fsp3) is 0.222. The molecule has 0 fully saturated rings. The topological polar surface area (TPSA) is 108 Å². The lowest BCUT2D eigenvalue weighted by Crippen LogP contribution is -2.43. The van der Waals surface area contributed by atoms with E-state index in [2.05, 4.69) is 5.32 Å². The van der Waals surface area contributed by atoms with E-state index in [1.165, 1.54) is 25.3 Å². The predicted octanol–water partition coefficient (Wildman–Crippen LogP) is 2.12. The fourth-order valence-electron chi connectivity index (χ4n) is 2.34. The van der Waals surface area contributed by atoms with Crippen molar-refractivity contribution in [2.45, 2.75) is 12.5 Å². The first kappa shape index (κ1) is 18.9. The standard InChI is InChI=1S/C18H18N2O6/c1-25-15-8-6-12(7-9-15)10-16(18(22)26-2)19-17(21)13-4-3-5-14(11-13)20(23)24/h3-9,11,16H,10H2,1-2H3,(H,19,21)/t16-/m1/s1. The maximum Gasteiger partial charge on any atom is 0.328 e. The van der Waals surface area contributed by atoms with Gasteiger partial charge in [0.2, 0.25) is 0 Å². The second-order valence-corrected chi connectivity index (χ2v) is 5.41. The molecule has 0 unspecified atom stereocenters. The number of methoxy groups -OCH3 is 2. The van der Waals surface area contributed by atoms with E-state index in [0.717, 1.165) is 11.6 Å². The van der Waals surface area contributed by atoms with Crippen LogP contribution in [0.5, 0.6) is 5.75 Å². The van der Waals surface area contributed by atoms with Crippen LogP contribution in [-0.2, 0) is 16.0 Å². The summed E-state index contributed by atoms with van der Waals surface area (Å²) >= 11 is 0. The molecule has 8 nitrogen and oxygen atoms in total. The minimum atomic E-state index is -0.930. The summed E-state index contributed by atoms with van der Waals surface area (Å²) in [5, 5.41) is 13.4. The zero-order valence-corrected chi connectivity index (χ0v) is 14.3. The second kappa shape index (κ2) is 8.61.